The van der Waals surface area contributed by atoms with Gasteiger partial charge in [0.1, 0.15) is 0 Å². The van der Waals surface area contributed by atoms with E-state index in [1.807, 2.05) is 102 Å². The van der Waals surface area contributed by atoms with Crippen LogP contribution in [-0.2, 0) is 4.57 Å². The lowest BCUT2D eigenvalue weighted by molar-refractivity contribution is 0.104. The summed E-state index contributed by atoms with van der Waals surface area (Å²) in [5, 5.41) is 0. The fraction of sp³-hybridized carbons (Fsp3) is 0.231. The van der Waals surface area contributed by atoms with Gasteiger partial charge in [0.2, 0.25) is 18.8 Å². The molecule has 0 radical (unpaired) electrons. The molecule has 3 aromatic carbocycles. The molecular formula is C26H29O3P. The normalized spacial score (nSPS) is 10.4. The maximum atomic E-state index is 12.7. The van der Waals surface area contributed by atoms with Crippen LogP contribution >= 0.6 is 7.80 Å². The lowest BCUT2D eigenvalue weighted by atomic mass is 10.0. The largest absolute Gasteiger partial charge is 0.310 e. The first-order chi connectivity index (χ1) is 14.1. The van der Waals surface area contributed by atoms with Gasteiger partial charge in [-0.05, 0) is 63.8 Å². The zero-order valence-electron chi connectivity index (χ0n) is 18.5. The fourth-order valence-corrected chi connectivity index (χ4v) is 5.24. The van der Waals surface area contributed by atoms with E-state index in [9.17, 15) is 14.2 Å². The van der Waals surface area contributed by atoms with Crippen molar-refractivity contribution in [2.75, 3.05) is 0 Å². The molecule has 30 heavy (non-hydrogen) atoms. The standard InChI is InChI=1S/C20H23O3P.C6H6/c1-11-7-13(3)17(14(4)8-11)19(21)24(23)20(22)18-15(5)9-12(2)10-16(18)6;1-2-4-6-5-3-1/h7-10,24H,1-6H3;1-6H. The second kappa shape index (κ2) is 10.3. The summed E-state index contributed by atoms with van der Waals surface area (Å²) in [6.07, 6.45) is 0. The molecule has 0 aromatic heterocycles. The molecule has 0 aliphatic heterocycles. The monoisotopic (exact) mass is 420 g/mol. The summed E-state index contributed by atoms with van der Waals surface area (Å²) in [7, 11) is -3.09. The van der Waals surface area contributed by atoms with E-state index in [1.54, 1.807) is 0 Å². The third kappa shape index (κ3) is 5.64. The van der Waals surface area contributed by atoms with Crippen molar-refractivity contribution >= 4 is 18.8 Å². The zero-order chi connectivity index (χ0) is 22.4. The second-order valence-electron chi connectivity index (χ2n) is 7.69. The molecule has 0 spiro atoms. The minimum absolute atomic E-state index is 0.417. The van der Waals surface area contributed by atoms with Crippen molar-refractivity contribution < 1.29 is 14.2 Å². The predicted molar refractivity (Wildman–Crippen MR) is 125 cm³/mol. The minimum atomic E-state index is -3.09. The van der Waals surface area contributed by atoms with Gasteiger partial charge >= 0.3 is 0 Å². The Balaban J connectivity index is 0.000000456. The quantitative estimate of drug-likeness (QED) is 0.438. The molecular weight excluding hydrogens is 391 g/mol. The van der Waals surface area contributed by atoms with Gasteiger partial charge in [0.05, 0.1) is 0 Å². The van der Waals surface area contributed by atoms with Gasteiger partial charge in [0.25, 0.3) is 0 Å². The van der Waals surface area contributed by atoms with E-state index in [1.165, 1.54) is 0 Å². The molecule has 0 atom stereocenters. The predicted octanol–water partition coefficient (Wildman–Crippen LogP) is 6.76. The summed E-state index contributed by atoms with van der Waals surface area (Å²) in [4.78, 5) is 25.4. The smallest absolute Gasteiger partial charge is 0.226 e. The summed E-state index contributed by atoms with van der Waals surface area (Å²) < 4.78 is 12.7. The molecule has 156 valence electrons. The highest BCUT2D eigenvalue weighted by atomic mass is 31.1. The Bertz CT molecular complexity index is 954. The molecule has 0 saturated carbocycles. The minimum Gasteiger partial charge on any atom is -0.310 e. The lowest BCUT2D eigenvalue weighted by Crippen LogP contribution is -2.08. The van der Waals surface area contributed by atoms with E-state index in [-0.39, 0.29) is 0 Å². The van der Waals surface area contributed by atoms with Crippen molar-refractivity contribution in [2.45, 2.75) is 41.5 Å². The Morgan fingerprint density at radius 1 is 0.533 bits per heavy atom. The van der Waals surface area contributed by atoms with E-state index >= 15 is 0 Å². The highest BCUT2D eigenvalue weighted by Crippen LogP contribution is 2.36. The third-order valence-electron chi connectivity index (χ3n) is 4.89. The SMILES string of the molecule is Cc1cc(C)c(C(=O)[PH](=O)C(=O)c2c(C)cc(C)cc2C)c(C)c1.c1ccccc1. The first-order valence-corrected chi connectivity index (χ1v) is 11.3. The average Bonchev–Trinajstić information content (AvgIpc) is 2.67. The number of carbonyl (C=O) groups is 2. The highest BCUT2D eigenvalue weighted by molar-refractivity contribution is 7.80. The van der Waals surface area contributed by atoms with Crippen LogP contribution in [0, 0.1) is 41.5 Å². The second-order valence-corrected chi connectivity index (χ2v) is 9.26. The van der Waals surface area contributed by atoms with E-state index in [0.717, 1.165) is 33.4 Å². The van der Waals surface area contributed by atoms with Gasteiger partial charge in [0, 0.05) is 11.1 Å². The molecule has 3 rings (SSSR count). The Kier molecular flexibility index (Phi) is 8.08. The molecule has 0 heterocycles. The molecule has 0 aliphatic carbocycles. The van der Waals surface area contributed by atoms with Crippen LogP contribution in [0.5, 0.6) is 0 Å². The van der Waals surface area contributed by atoms with Crippen LogP contribution < -0.4 is 0 Å². The summed E-state index contributed by atoms with van der Waals surface area (Å²) >= 11 is 0. The Morgan fingerprint density at radius 2 is 0.767 bits per heavy atom. The van der Waals surface area contributed by atoms with E-state index in [0.29, 0.717) is 11.1 Å². The van der Waals surface area contributed by atoms with Crippen LogP contribution in [0.2, 0.25) is 0 Å². The summed E-state index contributed by atoms with van der Waals surface area (Å²) in [5.41, 5.74) is 4.89. The fourth-order valence-electron chi connectivity index (χ4n) is 3.79. The molecule has 0 unspecified atom stereocenters. The van der Waals surface area contributed by atoms with Gasteiger partial charge in [-0.1, -0.05) is 71.8 Å². The van der Waals surface area contributed by atoms with Gasteiger partial charge in [-0.2, -0.15) is 0 Å². The lowest BCUT2D eigenvalue weighted by Gasteiger charge is -2.12. The van der Waals surface area contributed by atoms with E-state index in [4.69, 9.17) is 0 Å². The molecule has 0 aliphatic rings. The Morgan fingerprint density at radius 3 is 1.00 bits per heavy atom. The van der Waals surface area contributed by atoms with Crippen LogP contribution in [0.1, 0.15) is 54.1 Å². The number of carbonyl (C=O) groups excluding carboxylic acids is 2. The van der Waals surface area contributed by atoms with Crippen molar-refractivity contribution in [1.82, 2.24) is 0 Å². The molecule has 3 nitrogen and oxygen atoms in total. The van der Waals surface area contributed by atoms with Crippen molar-refractivity contribution in [1.29, 1.82) is 0 Å². The summed E-state index contributed by atoms with van der Waals surface area (Å²) in [6, 6.07) is 19.5. The molecule has 0 fully saturated rings. The van der Waals surface area contributed by atoms with Crippen molar-refractivity contribution in [3.63, 3.8) is 0 Å². The van der Waals surface area contributed by atoms with Crippen LogP contribution in [0.3, 0.4) is 0 Å². The van der Waals surface area contributed by atoms with E-state index < -0.39 is 18.8 Å². The number of hydrogen-bond donors (Lipinski definition) is 0. The van der Waals surface area contributed by atoms with Crippen LogP contribution in [-0.4, -0.2) is 11.0 Å². The number of rotatable bonds is 4. The van der Waals surface area contributed by atoms with Gasteiger partial charge in [-0.3, -0.25) is 9.59 Å². The maximum Gasteiger partial charge on any atom is 0.226 e. The molecule has 3 aromatic rings. The van der Waals surface area contributed by atoms with Crippen molar-refractivity contribution in [3.8, 4) is 0 Å². The van der Waals surface area contributed by atoms with E-state index in [2.05, 4.69) is 0 Å². The highest BCUT2D eigenvalue weighted by Gasteiger charge is 2.27. The molecule has 0 amide bonds. The van der Waals surface area contributed by atoms with Gasteiger partial charge in [0.15, 0.2) is 0 Å². The molecule has 0 bridgehead atoms. The van der Waals surface area contributed by atoms with Crippen LogP contribution in [0.4, 0.5) is 0 Å². The van der Waals surface area contributed by atoms with Crippen molar-refractivity contribution in [3.05, 3.63) is 105 Å². The number of aryl methyl sites for hydroxylation is 6. The number of benzene rings is 3. The number of hydrogen-bond acceptors (Lipinski definition) is 3. The third-order valence-corrected chi connectivity index (χ3v) is 6.21. The van der Waals surface area contributed by atoms with Gasteiger partial charge in [-0.25, -0.2) is 0 Å². The van der Waals surface area contributed by atoms with Crippen LogP contribution in [0.25, 0.3) is 0 Å². The topological polar surface area (TPSA) is 51.2 Å². The zero-order valence-corrected chi connectivity index (χ0v) is 19.5. The first kappa shape index (κ1) is 23.5. The summed E-state index contributed by atoms with van der Waals surface area (Å²) in [5.74, 6) is 0. The molecule has 0 saturated heterocycles. The Labute approximate surface area is 179 Å². The first-order valence-electron chi connectivity index (χ1n) is 9.92. The van der Waals surface area contributed by atoms with Crippen LogP contribution in [0.15, 0.2) is 60.7 Å². The maximum absolute atomic E-state index is 12.7. The summed E-state index contributed by atoms with van der Waals surface area (Å²) in [6.45, 7) is 11.2. The van der Waals surface area contributed by atoms with Gasteiger partial charge < -0.3 is 4.57 Å². The molecule has 4 heteroatoms. The van der Waals surface area contributed by atoms with Gasteiger partial charge in [-0.15, -0.1) is 0 Å². The molecule has 0 N–H and O–H groups in total. The average molecular weight is 420 g/mol. The Hall–Kier alpha value is -2.77. The van der Waals surface area contributed by atoms with Crippen molar-refractivity contribution in [2.24, 2.45) is 0 Å².